The average molecular weight is 327 g/mol. The molecule has 6 heteroatoms. The highest BCUT2D eigenvalue weighted by Gasteiger charge is 2.28. The molecule has 3 rings (SSSR count). The first-order chi connectivity index (χ1) is 11.6. The normalized spacial score (nSPS) is 18.2. The van der Waals surface area contributed by atoms with Crippen LogP contribution >= 0.6 is 0 Å². The minimum atomic E-state index is 0.0823. The van der Waals surface area contributed by atoms with Crippen molar-refractivity contribution in [2.45, 2.75) is 45.2 Å². The lowest BCUT2D eigenvalue weighted by Gasteiger charge is -2.32. The first-order valence-electron chi connectivity index (χ1n) is 8.58. The molecular weight excluding hydrogens is 302 g/mol. The maximum Gasteiger partial charge on any atom is 0.253 e. The van der Waals surface area contributed by atoms with Gasteiger partial charge in [0.2, 0.25) is 0 Å². The van der Waals surface area contributed by atoms with E-state index in [-0.39, 0.29) is 11.8 Å². The molecule has 0 spiro atoms. The van der Waals surface area contributed by atoms with E-state index >= 15 is 0 Å². The topological polar surface area (TPSA) is 77.0 Å². The van der Waals surface area contributed by atoms with E-state index in [0.29, 0.717) is 19.1 Å². The van der Waals surface area contributed by atoms with Gasteiger partial charge in [-0.05, 0) is 44.4 Å². The van der Waals surface area contributed by atoms with Crippen molar-refractivity contribution in [2.75, 3.05) is 13.1 Å². The summed E-state index contributed by atoms with van der Waals surface area (Å²) in [4.78, 5) is 14.7. The highest BCUT2D eigenvalue weighted by molar-refractivity contribution is 5.94. The molecule has 1 aliphatic heterocycles. The van der Waals surface area contributed by atoms with Gasteiger partial charge < -0.3 is 15.2 Å². The van der Waals surface area contributed by atoms with Crippen molar-refractivity contribution in [1.82, 2.24) is 19.7 Å². The Kier molecular flexibility index (Phi) is 4.94. The lowest BCUT2D eigenvalue weighted by atomic mass is 9.96. The summed E-state index contributed by atoms with van der Waals surface area (Å²) in [5.41, 5.74) is 7.37. The molecule has 24 heavy (non-hydrogen) atoms. The van der Waals surface area contributed by atoms with Crippen LogP contribution in [0.5, 0.6) is 0 Å². The number of rotatable bonds is 4. The van der Waals surface area contributed by atoms with E-state index in [2.05, 4.69) is 28.6 Å². The molecule has 128 valence electrons. The third-order valence-corrected chi connectivity index (χ3v) is 4.67. The molecule has 1 amide bonds. The van der Waals surface area contributed by atoms with Crippen LogP contribution in [0.1, 0.15) is 60.4 Å². The minimum absolute atomic E-state index is 0.0823. The number of amides is 1. The lowest BCUT2D eigenvalue weighted by molar-refractivity contribution is 0.0703. The Labute approximate surface area is 142 Å². The molecule has 1 aliphatic rings. The monoisotopic (exact) mass is 327 g/mol. The SMILES string of the molecule is CC(C)n1cnnc1C1CCCN(C(=O)c2ccc(CN)cc2)C1. The quantitative estimate of drug-likeness (QED) is 0.935. The zero-order valence-corrected chi connectivity index (χ0v) is 14.4. The van der Waals surface area contributed by atoms with Crippen LogP contribution in [0.25, 0.3) is 0 Å². The molecule has 6 nitrogen and oxygen atoms in total. The Morgan fingerprint density at radius 3 is 2.75 bits per heavy atom. The van der Waals surface area contributed by atoms with Gasteiger partial charge in [0.1, 0.15) is 12.2 Å². The van der Waals surface area contributed by atoms with E-state index in [4.69, 9.17) is 5.73 Å². The maximum atomic E-state index is 12.8. The summed E-state index contributed by atoms with van der Waals surface area (Å²) in [7, 11) is 0. The van der Waals surface area contributed by atoms with Gasteiger partial charge in [-0.1, -0.05) is 12.1 Å². The second-order valence-corrected chi connectivity index (χ2v) is 6.68. The number of nitrogens with two attached hydrogens (primary N) is 1. The molecule has 2 heterocycles. The van der Waals surface area contributed by atoms with E-state index in [9.17, 15) is 4.79 Å². The average Bonchev–Trinajstić information content (AvgIpc) is 3.11. The molecule has 0 saturated carbocycles. The fourth-order valence-electron chi connectivity index (χ4n) is 3.28. The highest BCUT2D eigenvalue weighted by Crippen LogP contribution is 2.27. The Bertz CT molecular complexity index is 692. The zero-order valence-electron chi connectivity index (χ0n) is 14.4. The van der Waals surface area contributed by atoms with Crippen LogP contribution in [-0.2, 0) is 6.54 Å². The predicted molar refractivity (Wildman–Crippen MR) is 92.6 cm³/mol. The number of piperidine rings is 1. The summed E-state index contributed by atoms with van der Waals surface area (Å²) in [6, 6.07) is 7.90. The summed E-state index contributed by atoms with van der Waals surface area (Å²) in [6.45, 7) is 6.23. The van der Waals surface area contributed by atoms with Crippen LogP contribution in [-0.4, -0.2) is 38.7 Å². The first-order valence-corrected chi connectivity index (χ1v) is 8.58. The highest BCUT2D eigenvalue weighted by atomic mass is 16.2. The number of hydrogen-bond acceptors (Lipinski definition) is 4. The second-order valence-electron chi connectivity index (χ2n) is 6.68. The molecule has 0 radical (unpaired) electrons. The Hall–Kier alpha value is -2.21. The molecule has 1 saturated heterocycles. The molecule has 2 N–H and O–H groups in total. The van der Waals surface area contributed by atoms with Gasteiger partial charge in [0.25, 0.3) is 5.91 Å². The molecule has 1 aromatic carbocycles. The third kappa shape index (κ3) is 3.33. The molecule has 1 unspecified atom stereocenters. The van der Waals surface area contributed by atoms with Crippen molar-refractivity contribution in [3.05, 3.63) is 47.5 Å². The minimum Gasteiger partial charge on any atom is -0.338 e. The number of nitrogens with zero attached hydrogens (tertiary/aromatic N) is 4. The maximum absolute atomic E-state index is 12.8. The van der Waals surface area contributed by atoms with Crippen LogP contribution < -0.4 is 5.73 Å². The van der Waals surface area contributed by atoms with Crippen LogP contribution in [0.2, 0.25) is 0 Å². The Morgan fingerprint density at radius 2 is 2.08 bits per heavy atom. The molecule has 1 atom stereocenters. The summed E-state index contributed by atoms with van der Waals surface area (Å²) < 4.78 is 2.11. The van der Waals surface area contributed by atoms with E-state index in [1.54, 1.807) is 6.33 Å². The molecule has 0 aliphatic carbocycles. The van der Waals surface area contributed by atoms with Crippen LogP contribution in [0.4, 0.5) is 0 Å². The number of carbonyl (C=O) groups is 1. The molecule has 1 fully saturated rings. The zero-order chi connectivity index (χ0) is 17.1. The number of hydrogen-bond donors (Lipinski definition) is 1. The van der Waals surface area contributed by atoms with Crippen LogP contribution in [0, 0.1) is 0 Å². The fraction of sp³-hybridized carbons (Fsp3) is 0.500. The smallest absolute Gasteiger partial charge is 0.253 e. The van der Waals surface area contributed by atoms with Crippen molar-refractivity contribution >= 4 is 5.91 Å². The predicted octanol–water partition coefficient (Wildman–Crippen LogP) is 2.34. The van der Waals surface area contributed by atoms with Crippen LogP contribution in [0.3, 0.4) is 0 Å². The summed E-state index contributed by atoms with van der Waals surface area (Å²) >= 11 is 0. The fourth-order valence-corrected chi connectivity index (χ4v) is 3.28. The molecule has 0 bridgehead atoms. The second kappa shape index (κ2) is 7.13. The largest absolute Gasteiger partial charge is 0.338 e. The van der Waals surface area contributed by atoms with Gasteiger partial charge in [-0.15, -0.1) is 10.2 Å². The number of benzene rings is 1. The lowest BCUT2D eigenvalue weighted by Crippen LogP contribution is -2.39. The van der Waals surface area contributed by atoms with Crippen molar-refractivity contribution in [1.29, 1.82) is 0 Å². The van der Waals surface area contributed by atoms with E-state index in [1.165, 1.54) is 0 Å². The van der Waals surface area contributed by atoms with E-state index in [1.807, 2.05) is 29.2 Å². The van der Waals surface area contributed by atoms with Gasteiger partial charge >= 0.3 is 0 Å². The van der Waals surface area contributed by atoms with Crippen molar-refractivity contribution in [3.8, 4) is 0 Å². The van der Waals surface area contributed by atoms with Gasteiger partial charge in [-0.3, -0.25) is 4.79 Å². The Balaban J connectivity index is 1.75. The van der Waals surface area contributed by atoms with Crippen molar-refractivity contribution < 1.29 is 4.79 Å². The number of likely N-dealkylation sites (tertiary alicyclic amines) is 1. The van der Waals surface area contributed by atoms with Gasteiger partial charge in [-0.2, -0.15) is 0 Å². The van der Waals surface area contributed by atoms with Gasteiger partial charge in [0, 0.05) is 37.2 Å². The standard InChI is InChI=1S/C18H25N5O/c1-13(2)23-12-20-21-17(23)16-4-3-9-22(11-16)18(24)15-7-5-14(10-19)6-8-15/h5-8,12-13,16H,3-4,9-11,19H2,1-2H3. The first kappa shape index (κ1) is 16.6. The molecule has 2 aromatic rings. The van der Waals surface area contributed by atoms with E-state index in [0.717, 1.165) is 36.3 Å². The van der Waals surface area contributed by atoms with Crippen molar-refractivity contribution in [2.24, 2.45) is 5.73 Å². The summed E-state index contributed by atoms with van der Waals surface area (Å²) in [6.07, 6.45) is 3.82. The molecule has 1 aromatic heterocycles. The van der Waals surface area contributed by atoms with Gasteiger partial charge in [0.05, 0.1) is 0 Å². The Morgan fingerprint density at radius 1 is 1.33 bits per heavy atom. The number of carbonyl (C=O) groups excluding carboxylic acids is 1. The molecular formula is C18H25N5O. The summed E-state index contributed by atoms with van der Waals surface area (Å²) in [5.74, 6) is 1.32. The number of aromatic nitrogens is 3. The van der Waals surface area contributed by atoms with Gasteiger partial charge in [-0.25, -0.2) is 0 Å². The van der Waals surface area contributed by atoms with Gasteiger partial charge in [0.15, 0.2) is 0 Å². The van der Waals surface area contributed by atoms with Crippen LogP contribution in [0.15, 0.2) is 30.6 Å². The summed E-state index contributed by atoms with van der Waals surface area (Å²) in [5, 5.41) is 8.37. The van der Waals surface area contributed by atoms with E-state index < -0.39 is 0 Å². The van der Waals surface area contributed by atoms with Crippen molar-refractivity contribution in [3.63, 3.8) is 0 Å². The third-order valence-electron chi connectivity index (χ3n) is 4.67.